The number of hydrogen-bond donors (Lipinski definition) is 1. The van der Waals surface area contributed by atoms with Crippen molar-refractivity contribution in [1.29, 1.82) is 0 Å². The predicted octanol–water partition coefficient (Wildman–Crippen LogP) is 5.24. The molecule has 0 aliphatic carbocycles. The van der Waals surface area contributed by atoms with Crippen LogP contribution in [0.25, 0.3) is 0 Å². The number of carbonyl (C=O) groups excluding carboxylic acids is 1. The molecule has 2 aromatic carbocycles. The van der Waals surface area contributed by atoms with Gasteiger partial charge in [-0.25, -0.2) is 4.39 Å². The molecule has 2 heterocycles. The van der Waals surface area contributed by atoms with Crippen LogP contribution >= 0.6 is 0 Å². The molecule has 2 N–H and O–H groups in total. The molecular formula is C27H37FN2O4. The molecule has 2 aliphatic rings. The Morgan fingerprint density at radius 2 is 1.91 bits per heavy atom. The molecule has 0 radical (unpaired) electrons. The zero-order valence-electron chi connectivity index (χ0n) is 20.5. The molecule has 1 spiro atoms. The van der Waals surface area contributed by atoms with Gasteiger partial charge < -0.3 is 24.8 Å². The summed E-state index contributed by atoms with van der Waals surface area (Å²) < 4.78 is 32.3. The first-order chi connectivity index (χ1) is 16.2. The van der Waals surface area contributed by atoms with E-state index < -0.39 is 5.60 Å². The zero-order valence-corrected chi connectivity index (χ0v) is 20.5. The van der Waals surface area contributed by atoms with Crippen LogP contribution in [0, 0.1) is 5.82 Å². The van der Waals surface area contributed by atoms with E-state index in [0.717, 1.165) is 11.1 Å². The van der Waals surface area contributed by atoms with Crippen LogP contribution < -0.4 is 15.2 Å². The highest BCUT2D eigenvalue weighted by Gasteiger charge is 2.45. The quantitative estimate of drug-likeness (QED) is 0.622. The van der Waals surface area contributed by atoms with Crippen molar-refractivity contribution < 1.29 is 24.8 Å². The third kappa shape index (κ3) is 5.20. The molecule has 0 aromatic heterocycles. The Balaban J connectivity index is 0.00000342. The Morgan fingerprint density at radius 1 is 1.18 bits per heavy atom. The van der Waals surface area contributed by atoms with Crippen LogP contribution in [0.4, 0.5) is 4.39 Å². The van der Waals surface area contributed by atoms with Crippen molar-refractivity contribution in [2.75, 3.05) is 13.1 Å². The Labute approximate surface area is 202 Å². The highest BCUT2D eigenvalue weighted by Crippen LogP contribution is 2.46. The topological polar surface area (TPSA) is 74.0 Å². The van der Waals surface area contributed by atoms with Gasteiger partial charge in [0.15, 0.2) is 0 Å². The number of nitrogens with two attached hydrogens (primary N) is 1. The second-order valence-corrected chi connectivity index (χ2v) is 9.83. The first kappa shape index (κ1) is 24.5. The van der Waals surface area contributed by atoms with E-state index in [-0.39, 0.29) is 31.5 Å². The molecule has 0 unspecified atom stereocenters. The van der Waals surface area contributed by atoms with E-state index in [2.05, 4.69) is 0 Å². The fraction of sp³-hybridized carbons (Fsp3) is 0.519. The number of rotatable bonds is 6. The van der Waals surface area contributed by atoms with Gasteiger partial charge in [0.05, 0.1) is 18.3 Å². The lowest BCUT2D eigenvalue weighted by atomic mass is 9.81. The molecule has 0 bridgehead atoms. The van der Waals surface area contributed by atoms with E-state index in [4.69, 9.17) is 19.9 Å². The summed E-state index contributed by atoms with van der Waals surface area (Å²) in [5.74, 6) is 1.08. The number of benzene rings is 2. The van der Waals surface area contributed by atoms with Gasteiger partial charge in [0.2, 0.25) is 0 Å². The number of ether oxygens (including phenoxy) is 3. The fourth-order valence-corrected chi connectivity index (χ4v) is 4.88. The van der Waals surface area contributed by atoms with Crippen molar-refractivity contribution in [3.8, 4) is 11.5 Å². The van der Waals surface area contributed by atoms with Crippen LogP contribution in [0.3, 0.4) is 0 Å². The highest BCUT2D eigenvalue weighted by molar-refractivity contribution is 5.94. The summed E-state index contributed by atoms with van der Waals surface area (Å²) in [7, 11) is 0. The molecule has 0 saturated carbocycles. The SMILES string of the molecule is CC(C)Oc1ccc(C(=O)N2CCC3(CC2)C[C@@H](OC(C)C)c2cc(F)ccc2O3)cc1CN.[HH]. The Hall–Kier alpha value is -2.64. The maximum atomic E-state index is 13.9. The first-order valence-corrected chi connectivity index (χ1v) is 12.1. The molecule has 1 fully saturated rings. The molecule has 1 amide bonds. The van der Waals surface area contributed by atoms with Crippen LogP contribution in [-0.4, -0.2) is 41.7 Å². The van der Waals surface area contributed by atoms with Crippen LogP contribution in [-0.2, 0) is 11.3 Å². The van der Waals surface area contributed by atoms with E-state index in [1.807, 2.05) is 44.7 Å². The molecule has 7 heteroatoms. The predicted molar refractivity (Wildman–Crippen MR) is 131 cm³/mol. The van der Waals surface area contributed by atoms with Gasteiger partial charge in [-0.05, 0) is 64.1 Å². The van der Waals surface area contributed by atoms with Crippen molar-refractivity contribution in [3.63, 3.8) is 0 Å². The number of halogens is 1. The standard InChI is InChI=1S/C27H35FN2O4.H2/c1-17(2)32-23-7-5-19(13-20(23)16-29)26(31)30-11-9-27(10-12-30)15-25(33-18(3)4)22-14-21(28)6-8-24(22)34-27;/h5-8,13-14,17-18,25H,9-12,15-16,29H2,1-4H3;1H/t25-;/m1./s1. The van der Waals surface area contributed by atoms with Crippen molar-refractivity contribution in [2.24, 2.45) is 5.73 Å². The summed E-state index contributed by atoms with van der Waals surface area (Å²) in [6.45, 7) is 9.34. The summed E-state index contributed by atoms with van der Waals surface area (Å²) in [6, 6.07) is 10.1. The number of fused-ring (bicyclic) bond motifs is 1. The van der Waals surface area contributed by atoms with Gasteiger partial charge in [-0.1, -0.05) is 0 Å². The van der Waals surface area contributed by atoms with Gasteiger partial charge >= 0.3 is 0 Å². The minimum absolute atomic E-state index is 0. The van der Waals surface area contributed by atoms with Gasteiger partial charge in [-0.3, -0.25) is 4.79 Å². The van der Waals surface area contributed by atoms with Gasteiger partial charge in [0.1, 0.15) is 22.9 Å². The lowest BCUT2D eigenvalue weighted by Crippen LogP contribution is -2.52. The van der Waals surface area contributed by atoms with Gasteiger partial charge in [-0.2, -0.15) is 0 Å². The normalized spacial score (nSPS) is 19.3. The van der Waals surface area contributed by atoms with E-state index in [1.54, 1.807) is 12.1 Å². The van der Waals surface area contributed by atoms with Gasteiger partial charge in [0, 0.05) is 57.0 Å². The molecular weight excluding hydrogens is 435 g/mol. The lowest BCUT2D eigenvalue weighted by Gasteiger charge is -2.47. The maximum absolute atomic E-state index is 13.9. The van der Waals surface area contributed by atoms with Gasteiger partial charge in [-0.15, -0.1) is 0 Å². The molecule has 4 rings (SSSR count). The number of likely N-dealkylation sites (tertiary alicyclic amines) is 1. The van der Waals surface area contributed by atoms with Crippen molar-refractivity contribution in [1.82, 2.24) is 4.90 Å². The number of nitrogens with zero attached hydrogens (tertiary/aromatic N) is 1. The minimum Gasteiger partial charge on any atom is -0.491 e. The maximum Gasteiger partial charge on any atom is 0.253 e. The number of carbonyl (C=O) groups is 1. The third-order valence-electron chi connectivity index (χ3n) is 6.49. The number of hydrogen-bond acceptors (Lipinski definition) is 5. The fourth-order valence-electron chi connectivity index (χ4n) is 4.88. The van der Waals surface area contributed by atoms with Crippen LogP contribution in [0.2, 0.25) is 0 Å². The molecule has 2 aromatic rings. The second-order valence-electron chi connectivity index (χ2n) is 9.83. The lowest BCUT2D eigenvalue weighted by molar-refractivity contribution is -0.0873. The zero-order chi connectivity index (χ0) is 24.5. The Morgan fingerprint density at radius 3 is 2.56 bits per heavy atom. The summed E-state index contributed by atoms with van der Waals surface area (Å²) in [5, 5.41) is 0. The first-order valence-electron chi connectivity index (χ1n) is 12.1. The van der Waals surface area contributed by atoms with Crippen LogP contribution in [0.1, 0.15) is 76.0 Å². The Bertz CT molecular complexity index is 1040. The van der Waals surface area contributed by atoms with Crippen molar-refractivity contribution in [3.05, 3.63) is 58.9 Å². The monoisotopic (exact) mass is 472 g/mol. The van der Waals surface area contributed by atoms with E-state index in [1.165, 1.54) is 12.1 Å². The summed E-state index contributed by atoms with van der Waals surface area (Å²) in [4.78, 5) is 15.1. The average molecular weight is 473 g/mol. The molecule has 1 saturated heterocycles. The molecule has 34 heavy (non-hydrogen) atoms. The largest absolute Gasteiger partial charge is 0.491 e. The molecule has 1 atom stereocenters. The van der Waals surface area contributed by atoms with Crippen LogP contribution in [0.5, 0.6) is 11.5 Å². The Kier molecular flexibility index (Phi) is 7.14. The molecule has 6 nitrogen and oxygen atoms in total. The van der Waals surface area contributed by atoms with Crippen molar-refractivity contribution >= 4 is 5.91 Å². The van der Waals surface area contributed by atoms with E-state index >= 15 is 0 Å². The summed E-state index contributed by atoms with van der Waals surface area (Å²) in [5.41, 5.74) is 7.66. The minimum atomic E-state index is -0.432. The van der Waals surface area contributed by atoms with Crippen molar-refractivity contribution in [2.45, 2.75) is 77.4 Å². The second kappa shape index (κ2) is 9.92. The van der Waals surface area contributed by atoms with E-state index in [0.29, 0.717) is 56.0 Å². The van der Waals surface area contributed by atoms with Crippen LogP contribution in [0.15, 0.2) is 36.4 Å². The average Bonchev–Trinajstić information content (AvgIpc) is 2.79. The summed E-state index contributed by atoms with van der Waals surface area (Å²) >= 11 is 0. The molecule has 2 aliphatic heterocycles. The third-order valence-corrected chi connectivity index (χ3v) is 6.49. The highest BCUT2D eigenvalue weighted by atomic mass is 19.1. The van der Waals surface area contributed by atoms with Gasteiger partial charge in [0.25, 0.3) is 5.91 Å². The smallest absolute Gasteiger partial charge is 0.253 e. The van der Waals surface area contributed by atoms with E-state index in [9.17, 15) is 9.18 Å². The number of piperidine rings is 1. The summed E-state index contributed by atoms with van der Waals surface area (Å²) in [6.07, 6.45) is 1.82. The molecule has 186 valence electrons. The number of amides is 1.